The third-order valence-electron chi connectivity index (χ3n) is 4.86. The lowest BCUT2D eigenvalue weighted by molar-refractivity contribution is -0.00611. The van der Waals surface area contributed by atoms with Gasteiger partial charge in [0.25, 0.3) is 5.91 Å². The second-order valence-corrected chi connectivity index (χ2v) is 6.57. The molecule has 0 aromatic carbocycles. The number of aryl methyl sites for hydroxylation is 1. The van der Waals surface area contributed by atoms with Crippen LogP contribution in [0, 0.1) is 6.92 Å². The number of rotatable bonds is 3. The molecule has 1 amide bonds. The molecule has 2 N–H and O–H groups in total. The molecule has 25 heavy (non-hydrogen) atoms. The highest BCUT2D eigenvalue weighted by Crippen LogP contribution is 2.23. The Kier molecular flexibility index (Phi) is 4.32. The molecule has 2 saturated heterocycles. The number of aromatic amines is 1. The standard InChI is InChI=1S/C17H22N4O4/c1-11-2-3-16(25-11)12-8-13(19-18-12)17(23)21-9-14(15(22)10-21)20-4-6-24-7-5-20/h2-3,8,14-15,22H,4-7,9-10H2,1H3,(H,18,19)/t14-,15-/m1/s1. The predicted octanol–water partition coefficient (Wildman–Crippen LogP) is 0.496. The zero-order valence-electron chi connectivity index (χ0n) is 14.1. The zero-order chi connectivity index (χ0) is 17.4. The molecule has 2 aromatic rings. The van der Waals surface area contributed by atoms with Gasteiger partial charge in [-0.05, 0) is 19.1 Å². The molecule has 2 fully saturated rings. The summed E-state index contributed by atoms with van der Waals surface area (Å²) in [6.45, 7) is 5.60. The highest BCUT2D eigenvalue weighted by molar-refractivity contribution is 5.93. The van der Waals surface area contributed by atoms with Gasteiger partial charge >= 0.3 is 0 Å². The molecule has 2 atom stereocenters. The van der Waals surface area contributed by atoms with Crippen LogP contribution in [0.25, 0.3) is 11.5 Å². The average Bonchev–Trinajstić information content (AvgIpc) is 3.34. The van der Waals surface area contributed by atoms with Crippen LogP contribution in [0.5, 0.6) is 0 Å². The molecule has 0 radical (unpaired) electrons. The van der Waals surface area contributed by atoms with E-state index in [4.69, 9.17) is 9.15 Å². The summed E-state index contributed by atoms with van der Waals surface area (Å²) in [5, 5.41) is 17.3. The topological polar surface area (TPSA) is 94.8 Å². The van der Waals surface area contributed by atoms with E-state index in [1.165, 1.54) is 0 Å². The summed E-state index contributed by atoms with van der Waals surface area (Å²) in [7, 11) is 0. The molecular weight excluding hydrogens is 324 g/mol. The number of β-amino-alcohol motifs (C(OH)–C–C–N with tert-alkyl or cyclic N) is 1. The van der Waals surface area contributed by atoms with E-state index >= 15 is 0 Å². The number of aliphatic hydroxyl groups excluding tert-OH is 1. The molecule has 2 aromatic heterocycles. The van der Waals surface area contributed by atoms with Gasteiger partial charge in [0.1, 0.15) is 11.5 Å². The summed E-state index contributed by atoms with van der Waals surface area (Å²) >= 11 is 0. The molecule has 134 valence electrons. The monoisotopic (exact) mass is 346 g/mol. The summed E-state index contributed by atoms with van der Waals surface area (Å²) < 4.78 is 10.9. The third kappa shape index (κ3) is 3.20. The minimum absolute atomic E-state index is 0.0426. The van der Waals surface area contributed by atoms with Gasteiger partial charge in [0.15, 0.2) is 11.5 Å². The summed E-state index contributed by atoms with van der Waals surface area (Å²) in [4.78, 5) is 16.6. The van der Waals surface area contributed by atoms with E-state index in [1.54, 1.807) is 11.0 Å². The number of hydrogen-bond donors (Lipinski definition) is 2. The van der Waals surface area contributed by atoms with Gasteiger partial charge in [0.2, 0.25) is 0 Å². The predicted molar refractivity (Wildman–Crippen MR) is 89.1 cm³/mol. The maximum atomic E-state index is 12.7. The molecule has 4 rings (SSSR count). The quantitative estimate of drug-likeness (QED) is 0.840. The molecule has 0 bridgehead atoms. The van der Waals surface area contributed by atoms with Gasteiger partial charge in [-0.2, -0.15) is 5.10 Å². The van der Waals surface area contributed by atoms with Crippen molar-refractivity contribution in [3.8, 4) is 11.5 Å². The average molecular weight is 346 g/mol. The summed E-state index contributed by atoms with van der Waals surface area (Å²) in [6, 6.07) is 5.35. The minimum Gasteiger partial charge on any atom is -0.460 e. The Balaban J connectivity index is 1.45. The maximum Gasteiger partial charge on any atom is 0.274 e. The van der Waals surface area contributed by atoms with Gasteiger partial charge in [-0.1, -0.05) is 0 Å². The van der Waals surface area contributed by atoms with Crippen molar-refractivity contribution in [3.63, 3.8) is 0 Å². The van der Waals surface area contributed by atoms with Crippen molar-refractivity contribution in [1.82, 2.24) is 20.0 Å². The van der Waals surface area contributed by atoms with Crippen LogP contribution in [0.4, 0.5) is 0 Å². The molecule has 8 heteroatoms. The van der Waals surface area contributed by atoms with E-state index in [0.717, 1.165) is 18.8 Å². The Morgan fingerprint density at radius 1 is 1.32 bits per heavy atom. The number of nitrogens with one attached hydrogen (secondary N) is 1. The first-order valence-corrected chi connectivity index (χ1v) is 8.53. The second kappa shape index (κ2) is 6.62. The summed E-state index contributed by atoms with van der Waals surface area (Å²) in [5.41, 5.74) is 1.000. The number of nitrogens with zero attached hydrogens (tertiary/aromatic N) is 3. The fourth-order valence-corrected chi connectivity index (χ4v) is 3.50. The number of hydrogen-bond acceptors (Lipinski definition) is 6. The van der Waals surface area contributed by atoms with Gasteiger partial charge in [0, 0.05) is 32.2 Å². The first-order valence-electron chi connectivity index (χ1n) is 8.53. The fraction of sp³-hybridized carbons (Fsp3) is 0.529. The Morgan fingerprint density at radius 2 is 2.12 bits per heavy atom. The van der Waals surface area contributed by atoms with Crippen molar-refractivity contribution in [2.75, 3.05) is 39.4 Å². The lowest BCUT2D eigenvalue weighted by Crippen LogP contribution is -2.49. The first-order chi connectivity index (χ1) is 12.1. The van der Waals surface area contributed by atoms with Crippen LogP contribution in [-0.2, 0) is 4.74 Å². The lowest BCUT2D eigenvalue weighted by atomic mass is 10.1. The highest BCUT2D eigenvalue weighted by atomic mass is 16.5. The molecule has 2 aliphatic rings. The molecule has 0 aliphatic carbocycles. The van der Waals surface area contributed by atoms with Crippen molar-refractivity contribution >= 4 is 5.91 Å². The van der Waals surface area contributed by atoms with E-state index in [1.807, 2.05) is 19.1 Å². The summed E-state index contributed by atoms with van der Waals surface area (Å²) in [6.07, 6.45) is -0.548. The van der Waals surface area contributed by atoms with Crippen molar-refractivity contribution in [2.24, 2.45) is 0 Å². The van der Waals surface area contributed by atoms with E-state index in [0.29, 0.717) is 43.5 Å². The number of aliphatic hydroxyl groups is 1. The third-order valence-corrected chi connectivity index (χ3v) is 4.86. The van der Waals surface area contributed by atoms with Gasteiger partial charge < -0.3 is 19.2 Å². The smallest absolute Gasteiger partial charge is 0.274 e. The number of amides is 1. The normalized spacial score (nSPS) is 24.8. The van der Waals surface area contributed by atoms with Crippen LogP contribution in [0.2, 0.25) is 0 Å². The van der Waals surface area contributed by atoms with Gasteiger partial charge in [0.05, 0.1) is 25.4 Å². The number of furan rings is 1. The Bertz CT molecular complexity index is 749. The van der Waals surface area contributed by atoms with Crippen molar-refractivity contribution in [2.45, 2.75) is 19.1 Å². The van der Waals surface area contributed by atoms with E-state index < -0.39 is 6.10 Å². The zero-order valence-corrected chi connectivity index (χ0v) is 14.1. The molecule has 0 saturated carbocycles. The Labute approximate surface area is 145 Å². The second-order valence-electron chi connectivity index (χ2n) is 6.57. The molecule has 0 unspecified atom stereocenters. The van der Waals surface area contributed by atoms with Crippen molar-refractivity contribution in [1.29, 1.82) is 0 Å². The van der Waals surface area contributed by atoms with E-state index in [-0.39, 0.29) is 11.9 Å². The molecule has 4 heterocycles. The fourth-order valence-electron chi connectivity index (χ4n) is 3.50. The Morgan fingerprint density at radius 3 is 2.84 bits per heavy atom. The van der Waals surface area contributed by atoms with Crippen LogP contribution >= 0.6 is 0 Å². The van der Waals surface area contributed by atoms with Crippen LogP contribution in [0.15, 0.2) is 22.6 Å². The first kappa shape index (κ1) is 16.3. The molecule has 0 spiro atoms. The summed E-state index contributed by atoms with van der Waals surface area (Å²) in [5.74, 6) is 1.27. The van der Waals surface area contributed by atoms with E-state index in [9.17, 15) is 9.90 Å². The van der Waals surface area contributed by atoms with Crippen molar-refractivity contribution < 1.29 is 19.1 Å². The maximum absolute atomic E-state index is 12.7. The number of aromatic nitrogens is 2. The van der Waals surface area contributed by atoms with Gasteiger partial charge in [-0.3, -0.25) is 14.8 Å². The number of carbonyl (C=O) groups is 1. The van der Waals surface area contributed by atoms with Gasteiger partial charge in [-0.15, -0.1) is 0 Å². The van der Waals surface area contributed by atoms with Crippen LogP contribution in [0.3, 0.4) is 0 Å². The molecule has 8 nitrogen and oxygen atoms in total. The SMILES string of the molecule is Cc1ccc(-c2cc(C(=O)N3C[C@@H](O)[C@H](N4CCOCC4)C3)n[nH]2)o1. The Hall–Kier alpha value is -2.16. The lowest BCUT2D eigenvalue weighted by Gasteiger charge is -2.33. The van der Waals surface area contributed by atoms with Crippen LogP contribution in [0.1, 0.15) is 16.2 Å². The number of carbonyl (C=O) groups excluding carboxylic acids is 1. The molecule has 2 aliphatic heterocycles. The largest absolute Gasteiger partial charge is 0.460 e. The van der Waals surface area contributed by atoms with Crippen molar-refractivity contribution in [3.05, 3.63) is 29.7 Å². The minimum atomic E-state index is -0.548. The number of ether oxygens (including phenoxy) is 1. The molecular formula is C17H22N4O4. The van der Waals surface area contributed by atoms with Gasteiger partial charge in [-0.25, -0.2) is 0 Å². The number of morpholine rings is 1. The highest BCUT2D eigenvalue weighted by Gasteiger charge is 2.38. The van der Waals surface area contributed by atoms with Crippen LogP contribution < -0.4 is 0 Å². The van der Waals surface area contributed by atoms with Crippen LogP contribution in [-0.4, -0.2) is 82.5 Å². The number of likely N-dealkylation sites (tertiary alicyclic amines) is 1. The van der Waals surface area contributed by atoms with E-state index in [2.05, 4.69) is 15.1 Å². The number of H-pyrrole nitrogens is 1.